The maximum absolute atomic E-state index is 12.5. The second kappa shape index (κ2) is 8.12. The maximum Gasteiger partial charge on any atom is 0.295 e. The van der Waals surface area contributed by atoms with Gasteiger partial charge >= 0.3 is 0 Å². The number of rotatable bonds is 6. The Morgan fingerprint density at radius 1 is 1.14 bits per heavy atom. The van der Waals surface area contributed by atoms with Crippen molar-refractivity contribution in [2.45, 2.75) is 27.3 Å². The van der Waals surface area contributed by atoms with Crippen LogP contribution in [0, 0.1) is 6.92 Å². The van der Waals surface area contributed by atoms with Crippen LogP contribution in [0.5, 0.6) is 17.4 Å². The lowest BCUT2D eigenvalue weighted by Gasteiger charge is -2.09. The summed E-state index contributed by atoms with van der Waals surface area (Å²) in [6, 6.07) is 10.6. The second-order valence-electron chi connectivity index (χ2n) is 6.24. The molecule has 146 valence electrons. The number of fused-ring (bicyclic) bond motifs is 1. The van der Waals surface area contributed by atoms with Crippen molar-refractivity contribution in [3.05, 3.63) is 47.5 Å². The Hall–Kier alpha value is -3.35. The smallest absolute Gasteiger partial charge is 0.295 e. The minimum Gasteiger partial charge on any atom is -0.493 e. The first-order valence-corrected chi connectivity index (χ1v) is 9.08. The van der Waals surface area contributed by atoms with E-state index in [1.807, 2.05) is 39.0 Å². The number of methoxy groups -OCH3 is 1. The molecule has 0 atom stereocenters. The maximum atomic E-state index is 12.5. The van der Waals surface area contributed by atoms with Crippen LogP contribution in [0.25, 0.3) is 10.9 Å². The van der Waals surface area contributed by atoms with E-state index in [0.29, 0.717) is 30.2 Å². The number of carbonyl (C=O) groups excluding carboxylic acids is 1. The summed E-state index contributed by atoms with van der Waals surface area (Å²) in [4.78, 5) is 12.5. The lowest BCUT2D eigenvalue weighted by Crippen LogP contribution is -1.99. The third-order valence-electron chi connectivity index (χ3n) is 4.43. The van der Waals surface area contributed by atoms with Crippen molar-refractivity contribution in [1.29, 1.82) is 0 Å². The minimum atomic E-state index is -0.536. The number of aromatic nitrogens is 1. The highest BCUT2D eigenvalue weighted by atomic mass is 16.5. The van der Waals surface area contributed by atoms with Gasteiger partial charge in [-0.2, -0.15) is 0 Å². The molecule has 0 bridgehead atoms. The molecule has 0 aliphatic carbocycles. The summed E-state index contributed by atoms with van der Waals surface area (Å²) in [5, 5.41) is 19.2. The van der Waals surface area contributed by atoms with E-state index in [4.69, 9.17) is 9.47 Å². The van der Waals surface area contributed by atoms with Crippen LogP contribution in [0.1, 0.15) is 29.8 Å². The zero-order chi connectivity index (χ0) is 20.3. The van der Waals surface area contributed by atoms with Crippen molar-refractivity contribution in [2.75, 3.05) is 13.7 Å². The van der Waals surface area contributed by atoms with Crippen molar-refractivity contribution in [1.82, 2.24) is 4.57 Å². The van der Waals surface area contributed by atoms with E-state index in [1.54, 1.807) is 22.8 Å². The van der Waals surface area contributed by atoms with Gasteiger partial charge in [0, 0.05) is 17.5 Å². The molecule has 2 aromatic carbocycles. The Bertz CT molecular complexity index is 1050. The molecule has 28 heavy (non-hydrogen) atoms. The first-order valence-electron chi connectivity index (χ1n) is 9.08. The van der Waals surface area contributed by atoms with Gasteiger partial charge in [0.15, 0.2) is 17.2 Å². The molecule has 1 N–H and O–H groups in total. The molecular formula is C21H23N3O4. The Morgan fingerprint density at radius 3 is 2.61 bits per heavy atom. The van der Waals surface area contributed by atoms with Crippen LogP contribution in [0.4, 0.5) is 5.69 Å². The first-order chi connectivity index (χ1) is 13.5. The van der Waals surface area contributed by atoms with Crippen molar-refractivity contribution in [3.63, 3.8) is 0 Å². The summed E-state index contributed by atoms with van der Waals surface area (Å²) in [5.74, 6) is 0.455. The summed E-state index contributed by atoms with van der Waals surface area (Å²) in [6.07, 6.45) is 0. The molecule has 0 radical (unpaired) electrons. The van der Waals surface area contributed by atoms with Gasteiger partial charge in [0.25, 0.3) is 5.91 Å². The fourth-order valence-corrected chi connectivity index (χ4v) is 3.08. The Morgan fingerprint density at radius 2 is 1.93 bits per heavy atom. The molecule has 1 heterocycles. The highest BCUT2D eigenvalue weighted by molar-refractivity contribution is 5.98. The van der Waals surface area contributed by atoms with Crippen LogP contribution < -0.4 is 9.47 Å². The van der Waals surface area contributed by atoms with Crippen LogP contribution >= 0.6 is 0 Å². The van der Waals surface area contributed by atoms with Gasteiger partial charge in [0.2, 0.25) is 5.88 Å². The lowest BCUT2D eigenvalue weighted by atomic mass is 10.1. The molecule has 1 aromatic heterocycles. The average molecular weight is 381 g/mol. The molecule has 7 heteroatoms. The van der Waals surface area contributed by atoms with E-state index in [2.05, 4.69) is 10.2 Å². The molecule has 0 unspecified atom stereocenters. The highest BCUT2D eigenvalue weighted by Gasteiger charge is 2.17. The number of aryl methyl sites for hydroxylation is 2. The Balaban J connectivity index is 1.97. The number of azo groups is 1. The topological polar surface area (TPSA) is 85.4 Å². The average Bonchev–Trinajstić information content (AvgIpc) is 2.96. The monoisotopic (exact) mass is 381 g/mol. The molecule has 7 nitrogen and oxygen atoms in total. The van der Waals surface area contributed by atoms with Crippen molar-refractivity contribution in [2.24, 2.45) is 10.2 Å². The number of nitrogens with zero attached hydrogens (tertiary/aromatic N) is 3. The zero-order valence-corrected chi connectivity index (χ0v) is 16.4. The van der Waals surface area contributed by atoms with Gasteiger partial charge in [0.1, 0.15) is 0 Å². The van der Waals surface area contributed by atoms with Crippen molar-refractivity contribution in [3.8, 4) is 17.4 Å². The number of aromatic hydroxyl groups is 1. The number of amides is 1. The molecule has 0 fully saturated rings. The molecule has 0 aliphatic rings. The third-order valence-corrected chi connectivity index (χ3v) is 4.43. The molecular weight excluding hydrogens is 358 g/mol. The zero-order valence-electron chi connectivity index (χ0n) is 16.4. The highest BCUT2D eigenvalue weighted by Crippen LogP contribution is 2.39. The summed E-state index contributed by atoms with van der Waals surface area (Å²) in [5.41, 5.74) is 2.47. The number of ether oxygens (including phenoxy) is 2. The van der Waals surface area contributed by atoms with Crippen LogP contribution in [0.15, 0.2) is 46.6 Å². The van der Waals surface area contributed by atoms with E-state index >= 15 is 0 Å². The number of carbonyl (C=O) groups is 1. The van der Waals surface area contributed by atoms with Gasteiger partial charge in [-0.15, -0.1) is 10.2 Å². The minimum absolute atomic E-state index is 0.0103. The predicted molar refractivity (Wildman–Crippen MR) is 107 cm³/mol. The Labute approximate surface area is 163 Å². The normalized spacial score (nSPS) is 11.3. The van der Waals surface area contributed by atoms with Gasteiger partial charge < -0.3 is 19.1 Å². The van der Waals surface area contributed by atoms with E-state index in [-0.39, 0.29) is 11.6 Å². The first kappa shape index (κ1) is 19.4. The summed E-state index contributed by atoms with van der Waals surface area (Å²) >= 11 is 0. The standard InChI is InChI=1S/C21H23N3O4/c1-5-24-16-9-7-13(3)11-15(16)19(21(24)26)22-23-20(25)14-8-10-17(28-6-2)18(12-14)27-4/h7-12,26H,5-6H2,1-4H3. The van der Waals surface area contributed by atoms with Gasteiger partial charge in [-0.05, 0) is 51.1 Å². The largest absolute Gasteiger partial charge is 0.493 e. The summed E-state index contributed by atoms with van der Waals surface area (Å²) in [6.45, 7) is 6.82. The molecule has 1 amide bonds. The van der Waals surface area contributed by atoms with Crippen LogP contribution in [-0.2, 0) is 6.54 Å². The number of hydrogen-bond donors (Lipinski definition) is 1. The van der Waals surface area contributed by atoms with Gasteiger partial charge in [-0.25, -0.2) is 0 Å². The fraction of sp³-hybridized carbons (Fsp3) is 0.286. The molecule has 3 aromatic rings. The SMILES string of the molecule is CCOc1ccc(C(=O)N=Nc2c(O)n(CC)c3ccc(C)cc23)cc1OC. The van der Waals surface area contributed by atoms with Crippen LogP contribution in [-0.4, -0.2) is 29.3 Å². The van der Waals surface area contributed by atoms with E-state index in [0.717, 1.165) is 16.5 Å². The van der Waals surface area contributed by atoms with Crippen molar-refractivity contribution < 1.29 is 19.4 Å². The predicted octanol–water partition coefficient (Wildman–Crippen LogP) is 5.01. The van der Waals surface area contributed by atoms with E-state index in [1.165, 1.54) is 7.11 Å². The van der Waals surface area contributed by atoms with Crippen LogP contribution in [0.2, 0.25) is 0 Å². The van der Waals surface area contributed by atoms with E-state index in [9.17, 15) is 9.90 Å². The Kier molecular flexibility index (Phi) is 5.63. The molecule has 0 saturated heterocycles. The second-order valence-corrected chi connectivity index (χ2v) is 6.24. The molecule has 0 saturated carbocycles. The number of hydrogen-bond acceptors (Lipinski definition) is 5. The molecule has 0 spiro atoms. The van der Waals surface area contributed by atoms with Gasteiger partial charge in [-0.1, -0.05) is 11.6 Å². The molecule has 3 rings (SSSR count). The van der Waals surface area contributed by atoms with Gasteiger partial charge in [0.05, 0.1) is 19.2 Å². The van der Waals surface area contributed by atoms with Gasteiger partial charge in [-0.3, -0.25) is 4.79 Å². The lowest BCUT2D eigenvalue weighted by molar-refractivity contribution is 0.0994. The van der Waals surface area contributed by atoms with E-state index < -0.39 is 5.91 Å². The van der Waals surface area contributed by atoms with Crippen molar-refractivity contribution >= 4 is 22.5 Å². The molecule has 0 aliphatic heterocycles. The van der Waals surface area contributed by atoms with Crippen LogP contribution in [0.3, 0.4) is 0 Å². The quantitative estimate of drug-likeness (QED) is 0.608. The summed E-state index contributed by atoms with van der Waals surface area (Å²) < 4.78 is 12.5. The fourth-order valence-electron chi connectivity index (χ4n) is 3.08. The summed E-state index contributed by atoms with van der Waals surface area (Å²) in [7, 11) is 1.51. The number of benzene rings is 2. The third kappa shape index (κ3) is 3.55.